The van der Waals surface area contributed by atoms with Crippen molar-refractivity contribution < 1.29 is 22.6 Å². The first-order valence-corrected chi connectivity index (χ1v) is 16.5. The Hall–Kier alpha value is -4.31. The van der Waals surface area contributed by atoms with E-state index in [2.05, 4.69) is 12.1 Å². The molecule has 0 spiro atoms. The van der Waals surface area contributed by atoms with Crippen LogP contribution in [0.4, 0.5) is 0 Å². The molecule has 5 rings (SSSR count). The van der Waals surface area contributed by atoms with Crippen LogP contribution in [0, 0.1) is 40.9 Å². The van der Waals surface area contributed by atoms with E-state index >= 15 is 0 Å². The van der Waals surface area contributed by atoms with E-state index < -0.39 is 38.6 Å². The number of nitriles is 2. The molecule has 1 aliphatic rings. The van der Waals surface area contributed by atoms with Gasteiger partial charge in [-0.05, 0) is 42.2 Å². The summed E-state index contributed by atoms with van der Waals surface area (Å²) in [6.07, 6.45) is -2.08. The highest BCUT2D eigenvalue weighted by Crippen LogP contribution is 2.50. The Morgan fingerprint density at radius 2 is 1.27 bits per heavy atom. The normalized spacial score (nSPS) is 19.8. The first kappa shape index (κ1) is 32.1. The van der Waals surface area contributed by atoms with Crippen LogP contribution in [-0.2, 0) is 43.9 Å². The lowest BCUT2D eigenvalue weighted by molar-refractivity contribution is -0.108. The minimum atomic E-state index is -4.02. The molecule has 7 nitrogen and oxygen atoms in total. The molecule has 0 heterocycles. The third-order valence-corrected chi connectivity index (χ3v) is 10.5. The largest absolute Gasteiger partial charge is 0.374 e. The Balaban J connectivity index is 1.54. The fraction of sp³-hybridized carbons (Fsp3) is 0.297. The van der Waals surface area contributed by atoms with Crippen molar-refractivity contribution in [2.24, 2.45) is 11.3 Å². The molecule has 8 heteroatoms. The molecule has 0 N–H and O–H groups in total. The van der Waals surface area contributed by atoms with Gasteiger partial charge in [-0.3, -0.25) is 0 Å². The van der Waals surface area contributed by atoms with Crippen LogP contribution in [0.3, 0.4) is 0 Å². The second-order valence-electron chi connectivity index (χ2n) is 11.4. The molecule has 1 saturated carbocycles. The fourth-order valence-corrected chi connectivity index (χ4v) is 7.89. The van der Waals surface area contributed by atoms with Crippen LogP contribution in [0.1, 0.15) is 28.7 Å². The van der Waals surface area contributed by atoms with Gasteiger partial charge < -0.3 is 14.2 Å². The third-order valence-electron chi connectivity index (χ3n) is 8.35. The molecule has 0 amide bonds. The number of hydrogen-bond donors (Lipinski definition) is 0. The molecule has 1 aliphatic carbocycles. The van der Waals surface area contributed by atoms with E-state index in [9.17, 15) is 18.9 Å². The summed E-state index contributed by atoms with van der Waals surface area (Å²) in [6.45, 7) is 2.48. The summed E-state index contributed by atoms with van der Waals surface area (Å²) in [5, 5.41) is 20.0. The van der Waals surface area contributed by atoms with E-state index in [-0.39, 0.29) is 37.7 Å². The van der Waals surface area contributed by atoms with Gasteiger partial charge in [0.1, 0.15) is 0 Å². The Morgan fingerprint density at radius 1 is 0.756 bits per heavy atom. The lowest BCUT2D eigenvalue weighted by Crippen LogP contribution is -2.45. The molecular weight excluding hydrogens is 584 g/mol. The SMILES string of the molecule is Cc1ccc(S(=O)(=O)[C@H]2CC(C#N)(C#N)[C@@H](C(COCc3ccccc3)OCc3ccccc3)[C@H]2OCc2ccccc2)cc1. The summed E-state index contributed by atoms with van der Waals surface area (Å²) >= 11 is 0. The van der Waals surface area contributed by atoms with Crippen molar-refractivity contribution >= 4 is 9.84 Å². The number of rotatable bonds is 13. The standard InChI is InChI=1S/C37H36N2O5S/c1-28-17-19-32(20-18-28)45(40,41)34-21-37(26-38,27-39)35(36(34)44-24-31-15-9-4-10-16-31)33(43-23-30-13-7-3-8-14-30)25-42-22-29-11-5-2-6-12-29/h2-20,33-36H,21-25H2,1H3/t33?,34-,35-,36-/m0/s1. The van der Waals surface area contributed by atoms with E-state index in [0.29, 0.717) is 0 Å². The van der Waals surface area contributed by atoms with Gasteiger partial charge in [-0.25, -0.2) is 8.42 Å². The van der Waals surface area contributed by atoms with Gasteiger partial charge in [0, 0.05) is 5.92 Å². The van der Waals surface area contributed by atoms with Crippen LogP contribution in [0.2, 0.25) is 0 Å². The minimum absolute atomic E-state index is 0.0278. The van der Waals surface area contributed by atoms with Crippen LogP contribution in [-0.4, -0.2) is 32.5 Å². The zero-order valence-electron chi connectivity index (χ0n) is 25.2. The van der Waals surface area contributed by atoms with Gasteiger partial charge in [0.25, 0.3) is 0 Å². The molecule has 1 unspecified atom stereocenters. The van der Waals surface area contributed by atoms with Gasteiger partial charge >= 0.3 is 0 Å². The summed E-state index contributed by atoms with van der Waals surface area (Å²) in [7, 11) is -4.02. The molecule has 0 aliphatic heterocycles. The average molecular weight is 621 g/mol. The number of ether oxygens (including phenoxy) is 3. The number of benzene rings is 4. The summed E-state index contributed by atoms with van der Waals surface area (Å²) in [4.78, 5) is 0.124. The predicted octanol–water partition coefficient (Wildman–Crippen LogP) is 6.58. The molecule has 0 saturated heterocycles. The van der Waals surface area contributed by atoms with Gasteiger partial charge in [-0.1, -0.05) is 109 Å². The van der Waals surface area contributed by atoms with Crippen LogP contribution in [0.5, 0.6) is 0 Å². The molecule has 0 radical (unpaired) electrons. The monoisotopic (exact) mass is 620 g/mol. The van der Waals surface area contributed by atoms with Crippen LogP contribution in [0.25, 0.3) is 0 Å². The first-order valence-electron chi connectivity index (χ1n) is 14.9. The topological polar surface area (TPSA) is 109 Å². The molecule has 4 atom stereocenters. The number of sulfone groups is 1. The molecule has 0 bridgehead atoms. The number of aryl methyl sites for hydroxylation is 1. The van der Waals surface area contributed by atoms with Crippen LogP contribution < -0.4 is 0 Å². The molecule has 230 valence electrons. The Morgan fingerprint density at radius 3 is 1.80 bits per heavy atom. The maximum Gasteiger partial charge on any atom is 0.183 e. The molecule has 4 aromatic carbocycles. The van der Waals surface area contributed by atoms with Gasteiger partial charge in [-0.2, -0.15) is 10.5 Å². The summed E-state index contributed by atoms with van der Waals surface area (Å²) < 4.78 is 47.6. The van der Waals surface area contributed by atoms with Crippen molar-refractivity contribution in [2.75, 3.05) is 6.61 Å². The van der Waals surface area contributed by atoms with Gasteiger partial charge in [0.15, 0.2) is 15.3 Å². The van der Waals surface area contributed by atoms with Crippen molar-refractivity contribution in [3.63, 3.8) is 0 Å². The number of nitrogens with zero attached hydrogens (tertiary/aromatic N) is 2. The van der Waals surface area contributed by atoms with E-state index in [1.807, 2.05) is 97.9 Å². The highest BCUT2D eigenvalue weighted by atomic mass is 32.2. The van der Waals surface area contributed by atoms with E-state index in [1.54, 1.807) is 24.3 Å². The highest BCUT2D eigenvalue weighted by molar-refractivity contribution is 7.92. The zero-order valence-corrected chi connectivity index (χ0v) is 26.0. The van der Waals surface area contributed by atoms with Gasteiger partial charge in [-0.15, -0.1) is 0 Å². The lowest BCUT2D eigenvalue weighted by Gasteiger charge is -2.34. The quantitative estimate of drug-likeness (QED) is 0.166. The first-order chi connectivity index (χ1) is 21.9. The van der Waals surface area contributed by atoms with E-state index in [4.69, 9.17) is 14.2 Å². The zero-order chi connectivity index (χ0) is 31.7. The molecule has 45 heavy (non-hydrogen) atoms. The van der Waals surface area contributed by atoms with Crippen molar-refractivity contribution in [1.82, 2.24) is 0 Å². The maximum atomic E-state index is 14.3. The third kappa shape index (κ3) is 7.50. The minimum Gasteiger partial charge on any atom is -0.374 e. The van der Waals surface area contributed by atoms with E-state index in [0.717, 1.165) is 22.3 Å². The lowest BCUT2D eigenvalue weighted by atomic mass is 9.76. The van der Waals surface area contributed by atoms with Gasteiger partial charge in [0.05, 0.1) is 60.9 Å². The van der Waals surface area contributed by atoms with Crippen LogP contribution in [0.15, 0.2) is 120 Å². The Bertz CT molecular complexity index is 1700. The smallest absolute Gasteiger partial charge is 0.183 e. The Kier molecular flexibility index (Phi) is 10.4. The molecular formula is C37H36N2O5S. The molecule has 0 aromatic heterocycles. The summed E-state index contributed by atoms with van der Waals surface area (Å²) in [5.41, 5.74) is 1.91. The molecule has 4 aromatic rings. The Labute approximate surface area is 265 Å². The second-order valence-corrected chi connectivity index (χ2v) is 13.6. The van der Waals surface area contributed by atoms with Crippen molar-refractivity contribution in [3.8, 4) is 12.1 Å². The fourth-order valence-electron chi connectivity index (χ4n) is 5.94. The van der Waals surface area contributed by atoms with Crippen molar-refractivity contribution in [1.29, 1.82) is 10.5 Å². The maximum absolute atomic E-state index is 14.3. The van der Waals surface area contributed by atoms with E-state index in [1.165, 1.54) is 0 Å². The summed E-state index contributed by atoms with van der Waals surface area (Å²) in [6, 6.07) is 39.7. The second kappa shape index (κ2) is 14.6. The van der Waals surface area contributed by atoms with Crippen molar-refractivity contribution in [3.05, 3.63) is 138 Å². The predicted molar refractivity (Wildman–Crippen MR) is 170 cm³/mol. The van der Waals surface area contributed by atoms with Crippen molar-refractivity contribution in [2.45, 2.75) is 55.5 Å². The number of hydrogen-bond acceptors (Lipinski definition) is 7. The van der Waals surface area contributed by atoms with Gasteiger partial charge in [0.2, 0.25) is 0 Å². The molecule has 1 fully saturated rings. The van der Waals surface area contributed by atoms with Crippen LogP contribution >= 0.6 is 0 Å². The average Bonchev–Trinajstić information content (AvgIpc) is 3.42. The summed E-state index contributed by atoms with van der Waals surface area (Å²) in [5.74, 6) is -0.930. The highest BCUT2D eigenvalue weighted by Gasteiger charge is 2.62.